The van der Waals surface area contributed by atoms with Gasteiger partial charge in [-0.25, -0.2) is 0 Å². The van der Waals surface area contributed by atoms with E-state index < -0.39 is 0 Å². The molecule has 6 rings (SSSR count). The van der Waals surface area contributed by atoms with Crippen LogP contribution in [0.5, 0.6) is 0 Å². The summed E-state index contributed by atoms with van der Waals surface area (Å²) in [6, 6.07) is 0. The zero-order valence-electron chi connectivity index (χ0n) is 39.2. The van der Waals surface area contributed by atoms with Crippen LogP contribution in [0.2, 0.25) is 0 Å². The minimum absolute atomic E-state index is 0. The van der Waals surface area contributed by atoms with Gasteiger partial charge in [0.2, 0.25) is 0 Å². The van der Waals surface area contributed by atoms with Gasteiger partial charge in [-0.3, -0.25) is 0 Å². The smallest absolute Gasteiger partial charge is 0 e. The summed E-state index contributed by atoms with van der Waals surface area (Å²) in [6.45, 7) is 18.6. The molecular formula is C57H114. The van der Waals surface area contributed by atoms with Gasteiger partial charge in [0.25, 0.3) is 0 Å². The van der Waals surface area contributed by atoms with Crippen molar-refractivity contribution in [2.24, 2.45) is 71.0 Å². The number of hydrogen-bond donors (Lipinski definition) is 0. The van der Waals surface area contributed by atoms with E-state index in [2.05, 4.69) is 58.7 Å². The molecule has 0 atom stereocenters. The van der Waals surface area contributed by atoms with Crippen LogP contribution in [0.15, 0.2) is 38.0 Å². The predicted octanol–water partition coefficient (Wildman–Crippen LogP) is 20.6. The average Bonchev–Trinajstić information content (AvgIpc) is 3.28. The van der Waals surface area contributed by atoms with E-state index in [1.807, 2.05) is 0 Å². The summed E-state index contributed by atoms with van der Waals surface area (Å²) in [5, 5.41) is 0. The monoisotopic (exact) mass is 799 g/mol. The molecule has 0 amide bonds. The van der Waals surface area contributed by atoms with E-state index >= 15 is 0 Å². The van der Waals surface area contributed by atoms with Crippen molar-refractivity contribution < 1.29 is 8.56 Å². The number of rotatable bonds is 18. The van der Waals surface area contributed by atoms with Crippen LogP contribution in [-0.2, 0) is 0 Å². The first-order chi connectivity index (χ1) is 28.0. The van der Waals surface area contributed by atoms with Crippen LogP contribution in [0.25, 0.3) is 0 Å². The third-order valence-electron chi connectivity index (χ3n) is 17.9. The van der Waals surface area contributed by atoms with Gasteiger partial charge in [0.05, 0.1) is 0 Å². The lowest BCUT2D eigenvalue weighted by Gasteiger charge is -2.38. The van der Waals surface area contributed by atoms with Gasteiger partial charge >= 0.3 is 0 Å². The van der Waals surface area contributed by atoms with Gasteiger partial charge in [-0.05, 0) is 187 Å². The van der Waals surface area contributed by atoms with Crippen LogP contribution in [0, 0.1) is 71.0 Å². The third kappa shape index (κ3) is 18.4. The molecule has 0 nitrogen and oxygen atoms in total. The molecule has 6 fully saturated rings. The highest BCUT2D eigenvalue weighted by Gasteiger charge is 2.33. The number of unbranched alkanes of at least 4 members (excludes halogenated alkanes) is 1. The molecule has 57 heavy (non-hydrogen) atoms. The maximum absolute atomic E-state index is 3.86. The Labute approximate surface area is 368 Å². The van der Waals surface area contributed by atoms with E-state index in [1.54, 1.807) is 51.4 Å². The van der Waals surface area contributed by atoms with Crippen molar-refractivity contribution in [1.29, 1.82) is 0 Å². The van der Waals surface area contributed by atoms with Crippen LogP contribution >= 0.6 is 0 Å². The molecule has 0 aromatic heterocycles. The first kappa shape index (κ1) is 48.9. The van der Waals surface area contributed by atoms with E-state index in [1.165, 1.54) is 180 Å². The van der Waals surface area contributed by atoms with Crippen molar-refractivity contribution in [2.75, 3.05) is 0 Å². The average molecular weight is 800 g/mol. The van der Waals surface area contributed by atoms with Crippen LogP contribution in [0.4, 0.5) is 0 Å². The van der Waals surface area contributed by atoms with E-state index in [9.17, 15) is 0 Å². The highest BCUT2D eigenvalue weighted by atomic mass is 14.4. The molecule has 6 aliphatic rings. The molecule has 0 unspecified atom stereocenters. The molecular weight excluding hydrogens is 685 g/mol. The van der Waals surface area contributed by atoms with E-state index in [-0.39, 0.29) is 8.56 Å². The molecule has 0 aliphatic heterocycles. The topological polar surface area (TPSA) is 0 Å². The Morgan fingerprint density at radius 1 is 0.316 bits per heavy atom. The van der Waals surface area contributed by atoms with Gasteiger partial charge in [0.1, 0.15) is 0 Å². The van der Waals surface area contributed by atoms with E-state index in [4.69, 9.17) is 0 Å². The Morgan fingerprint density at radius 2 is 0.561 bits per heavy atom. The van der Waals surface area contributed by atoms with Gasteiger partial charge in [-0.1, -0.05) is 155 Å². The lowest BCUT2D eigenvalue weighted by Crippen LogP contribution is -2.25. The van der Waals surface area contributed by atoms with Gasteiger partial charge in [-0.2, -0.15) is 0 Å². The fourth-order valence-electron chi connectivity index (χ4n) is 13.8. The van der Waals surface area contributed by atoms with Gasteiger partial charge in [0.15, 0.2) is 0 Å². The standard InChI is InChI=1S/C20H36.C19H34.C18H32.6H2/c1-3-5-7-17-9-13-19(14-10-17)20-15-11-18(12-16-20)8-6-4-2;1-3-5-7-17-10-14-19(15-11-17)18-12-8-16(6-4-2)9-13-18;1-3-5-6-16-9-13-18(14-10-16)17-11-7-15(4-2)8-12-17;;;;;;/h3,17-20H,1,4-16H2,2H3;3,16-19H,1,4-15H2,2H3;3,15-18H,1,4-14H2,2H3;6*1H. The maximum atomic E-state index is 3.86. The van der Waals surface area contributed by atoms with Crippen molar-refractivity contribution in [3.8, 4) is 0 Å². The highest BCUT2D eigenvalue weighted by Crippen LogP contribution is 2.45. The summed E-state index contributed by atoms with van der Waals surface area (Å²) in [5.41, 5.74) is 0. The minimum Gasteiger partial charge on any atom is -0.103 e. The maximum Gasteiger partial charge on any atom is 0 e. The van der Waals surface area contributed by atoms with Crippen LogP contribution in [0.1, 0.15) is 260 Å². The Bertz CT molecular complexity index is 1000. The summed E-state index contributed by atoms with van der Waals surface area (Å²) >= 11 is 0. The molecule has 0 heterocycles. The Balaban J connectivity index is -0.000000819. The number of allylic oxidation sites excluding steroid dienone is 3. The van der Waals surface area contributed by atoms with Crippen LogP contribution in [-0.4, -0.2) is 0 Å². The zero-order valence-corrected chi connectivity index (χ0v) is 39.2. The second-order valence-corrected chi connectivity index (χ2v) is 21.6. The summed E-state index contributed by atoms with van der Waals surface area (Å²) in [5.74, 6) is 12.8. The van der Waals surface area contributed by atoms with Gasteiger partial charge < -0.3 is 0 Å². The summed E-state index contributed by atoms with van der Waals surface area (Å²) in [4.78, 5) is 0. The van der Waals surface area contributed by atoms with Crippen molar-refractivity contribution in [3.05, 3.63) is 38.0 Å². The van der Waals surface area contributed by atoms with Gasteiger partial charge in [0, 0.05) is 8.56 Å². The van der Waals surface area contributed by atoms with E-state index in [0.29, 0.717) is 0 Å². The Hall–Kier alpha value is -0.780. The minimum atomic E-state index is 0. The van der Waals surface area contributed by atoms with E-state index in [0.717, 1.165) is 71.0 Å². The van der Waals surface area contributed by atoms with Crippen LogP contribution < -0.4 is 0 Å². The lowest BCUT2D eigenvalue weighted by atomic mass is 9.68. The van der Waals surface area contributed by atoms with Gasteiger partial charge in [-0.15, -0.1) is 19.7 Å². The fraction of sp³-hybridized carbons (Fsp3) is 0.895. The largest absolute Gasteiger partial charge is 0.103 e. The van der Waals surface area contributed by atoms with Crippen molar-refractivity contribution >= 4 is 0 Å². The zero-order chi connectivity index (χ0) is 40.5. The molecule has 0 heteroatoms. The molecule has 342 valence electrons. The van der Waals surface area contributed by atoms with Crippen LogP contribution in [0.3, 0.4) is 0 Å². The molecule has 0 saturated heterocycles. The highest BCUT2D eigenvalue weighted by molar-refractivity contribution is 4.86. The summed E-state index contributed by atoms with van der Waals surface area (Å²) in [7, 11) is 0. The molecule has 0 radical (unpaired) electrons. The predicted molar refractivity (Wildman–Crippen MR) is 268 cm³/mol. The van der Waals surface area contributed by atoms with Crippen molar-refractivity contribution in [2.45, 2.75) is 252 Å². The Kier molecular flexibility index (Phi) is 25.3. The molecule has 0 bridgehead atoms. The normalized spacial score (nSPS) is 36.1. The molecule has 0 aromatic rings. The Morgan fingerprint density at radius 3 is 0.789 bits per heavy atom. The molecule has 0 N–H and O–H groups in total. The second kappa shape index (κ2) is 29.5. The third-order valence-corrected chi connectivity index (χ3v) is 17.9. The second-order valence-electron chi connectivity index (χ2n) is 21.6. The summed E-state index contributed by atoms with van der Waals surface area (Å²) < 4.78 is 0. The number of hydrogen-bond acceptors (Lipinski definition) is 0. The molecule has 6 aliphatic carbocycles. The quantitative estimate of drug-likeness (QED) is 0.121. The fourth-order valence-corrected chi connectivity index (χ4v) is 13.8. The van der Waals surface area contributed by atoms with Crippen molar-refractivity contribution in [1.82, 2.24) is 0 Å². The summed E-state index contributed by atoms with van der Waals surface area (Å²) in [6.07, 6.45) is 59.6. The first-order valence-electron chi connectivity index (χ1n) is 26.8. The molecule has 6 saturated carbocycles. The molecule has 0 aromatic carbocycles. The first-order valence-corrected chi connectivity index (χ1v) is 26.8. The lowest BCUT2D eigenvalue weighted by molar-refractivity contribution is 0.141. The molecule has 0 spiro atoms. The van der Waals surface area contributed by atoms with Crippen molar-refractivity contribution in [3.63, 3.8) is 0 Å². The SMILES string of the molecule is C=CCCC1CCC(C2CCC(CC)CC2)CC1.C=CCCC1CCC(C2CCC(CCC)CC2)CC1.C=CCCC1CCC(C2CCC(CCCC)CC2)CC1.[HH].[HH].[HH].[HH].[HH].[HH].